The minimum atomic E-state index is -0.649. The second-order valence-electron chi connectivity index (χ2n) is 7.35. The van der Waals surface area contributed by atoms with Crippen LogP contribution in [0.5, 0.6) is 5.75 Å². The van der Waals surface area contributed by atoms with E-state index in [9.17, 15) is 5.11 Å². The lowest BCUT2D eigenvalue weighted by atomic mass is 10.2. The number of benzene rings is 1. The quantitative estimate of drug-likeness (QED) is 0.245. The molecule has 0 heterocycles. The highest BCUT2D eigenvalue weighted by Crippen LogP contribution is 2.12. The number of hydrogen-bond acceptors (Lipinski definition) is 4. The third-order valence-corrected chi connectivity index (χ3v) is 4.23. The van der Waals surface area contributed by atoms with Crippen molar-refractivity contribution in [2.75, 3.05) is 32.8 Å². The van der Waals surface area contributed by atoms with Gasteiger partial charge in [0.15, 0.2) is 5.96 Å². The van der Waals surface area contributed by atoms with Crippen molar-refractivity contribution in [1.29, 1.82) is 0 Å². The fourth-order valence-corrected chi connectivity index (χ4v) is 2.90. The molecular formula is C21H39IN4O2. The van der Waals surface area contributed by atoms with Crippen molar-refractivity contribution in [3.8, 4) is 5.75 Å². The monoisotopic (exact) mass is 506 g/mol. The molecule has 0 amide bonds. The molecule has 0 aliphatic heterocycles. The number of guanidine groups is 1. The Morgan fingerprint density at radius 1 is 1.18 bits per heavy atom. The van der Waals surface area contributed by atoms with Crippen molar-refractivity contribution in [2.24, 2.45) is 4.99 Å². The van der Waals surface area contributed by atoms with E-state index in [2.05, 4.69) is 48.2 Å². The molecule has 0 aliphatic rings. The topological polar surface area (TPSA) is 69.1 Å². The second kappa shape index (κ2) is 14.9. The average molecular weight is 506 g/mol. The maximum absolute atomic E-state index is 10.2. The number of nitrogens with one attached hydrogen (secondary N) is 2. The molecule has 0 spiro atoms. The molecule has 3 N–H and O–H groups in total. The summed E-state index contributed by atoms with van der Waals surface area (Å²) in [6.07, 6.45) is -0.649. The van der Waals surface area contributed by atoms with E-state index >= 15 is 0 Å². The molecule has 0 bridgehead atoms. The van der Waals surface area contributed by atoms with E-state index in [-0.39, 0.29) is 30.6 Å². The van der Waals surface area contributed by atoms with Gasteiger partial charge in [0.25, 0.3) is 0 Å². The Morgan fingerprint density at radius 3 is 2.43 bits per heavy atom. The molecule has 1 aromatic carbocycles. The fourth-order valence-electron chi connectivity index (χ4n) is 2.90. The lowest BCUT2D eigenvalue weighted by Gasteiger charge is -2.30. The van der Waals surface area contributed by atoms with Gasteiger partial charge in [-0.25, -0.2) is 0 Å². The van der Waals surface area contributed by atoms with Gasteiger partial charge in [0.05, 0.1) is 6.54 Å². The van der Waals surface area contributed by atoms with Crippen molar-refractivity contribution < 1.29 is 9.84 Å². The molecule has 0 aliphatic carbocycles. The van der Waals surface area contributed by atoms with Gasteiger partial charge in [-0.15, -0.1) is 24.0 Å². The normalized spacial score (nSPS) is 12.9. The summed E-state index contributed by atoms with van der Waals surface area (Å²) in [5.41, 5.74) is 1.13. The highest BCUT2D eigenvalue weighted by atomic mass is 127. The third kappa shape index (κ3) is 11.1. The molecule has 0 saturated carbocycles. The van der Waals surface area contributed by atoms with Crippen molar-refractivity contribution in [2.45, 2.75) is 59.7 Å². The molecule has 0 fully saturated rings. The van der Waals surface area contributed by atoms with Gasteiger partial charge in [0.2, 0.25) is 0 Å². The molecule has 28 heavy (non-hydrogen) atoms. The Labute approximate surface area is 188 Å². The summed E-state index contributed by atoms with van der Waals surface area (Å²) in [4.78, 5) is 6.91. The maximum Gasteiger partial charge on any atom is 0.191 e. The lowest BCUT2D eigenvalue weighted by molar-refractivity contribution is 0.114. The van der Waals surface area contributed by atoms with Gasteiger partial charge in [0, 0.05) is 31.7 Å². The van der Waals surface area contributed by atoms with Crippen LogP contribution in [0, 0.1) is 6.92 Å². The van der Waals surface area contributed by atoms with Gasteiger partial charge in [0.1, 0.15) is 18.5 Å². The number of aliphatic hydroxyl groups excluding tert-OH is 1. The molecule has 1 aromatic rings. The Balaban J connectivity index is 0.00000729. The molecule has 7 heteroatoms. The zero-order valence-corrected chi connectivity index (χ0v) is 20.6. The van der Waals surface area contributed by atoms with Crippen LogP contribution in [0.3, 0.4) is 0 Å². The second-order valence-corrected chi connectivity index (χ2v) is 7.35. The van der Waals surface area contributed by atoms with E-state index in [1.54, 1.807) is 0 Å². The molecule has 0 radical (unpaired) electrons. The van der Waals surface area contributed by atoms with Gasteiger partial charge >= 0.3 is 0 Å². The Kier molecular flexibility index (Phi) is 14.3. The Morgan fingerprint density at radius 2 is 1.86 bits per heavy atom. The summed E-state index contributed by atoms with van der Waals surface area (Å²) in [6, 6.07) is 8.82. The van der Waals surface area contributed by atoms with E-state index in [0.717, 1.165) is 36.9 Å². The van der Waals surface area contributed by atoms with Crippen LogP contribution >= 0.6 is 24.0 Å². The van der Waals surface area contributed by atoms with Crippen molar-refractivity contribution in [3.63, 3.8) is 0 Å². The van der Waals surface area contributed by atoms with Crippen LogP contribution in [0.1, 0.15) is 40.2 Å². The van der Waals surface area contributed by atoms with Crippen molar-refractivity contribution >= 4 is 29.9 Å². The van der Waals surface area contributed by atoms with E-state index in [1.165, 1.54) is 0 Å². The molecule has 0 aromatic heterocycles. The van der Waals surface area contributed by atoms with E-state index < -0.39 is 6.10 Å². The lowest BCUT2D eigenvalue weighted by Crippen LogP contribution is -2.45. The van der Waals surface area contributed by atoms with Crippen LogP contribution < -0.4 is 15.4 Å². The number of halogens is 1. The maximum atomic E-state index is 10.2. The molecular weight excluding hydrogens is 467 g/mol. The predicted octanol–water partition coefficient (Wildman–Crippen LogP) is 3.03. The smallest absolute Gasteiger partial charge is 0.191 e. The van der Waals surface area contributed by atoms with E-state index in [1.807, 2.05) is 38.1 Å². The van der Waals surface area contributed by atoms with Crippen LogP contribution in [0.25, 0.3) is 0 Å². The highest BCUT2D eigenvalue weighted by Gasteiger charge is 2.13. The zero-order valence-electron chi connectivity index (χ0n) is 18.2. The summed E-state index contributed by atoms with van der Waals surface area (Å²) in [7, 11) is 0. The highest BCUT2D eigenvalue weighted by molar-refractivity contribution is 14.0. The molecule has 6 nitrogen and oxygen atoms in total. The van der Waals surface area contributed by atoms with Gasteiger partial charge in [-0.05, 0) is 59.2 Å². The van der Waals surface area contributed by atoms with Crippen LogP contribution in [-0.4, -0.2) is 66.9 Å². The molecule has 1 rings (SSSR count). The van der Waals surface area contributed by atoms with Crippen LogP contribution in [0.15, 0.2) is 29.3 Å². The molecule has 1 atom stereocenters. The third-order valence-electron chi connectivity index (χ3n) is 4.23. The fraction of sp³-hybridized carbons (Fsp3) is 0.667. The molecule has 0 saturated heterocycles. The minimum Gasteiger partial charge on any atom is -0.491 e. The summed E-state index contributed by atoms with van der Waals surface area (Å²) in [6.45, 7) is 15.9. The summed E-state index contributed by atoms with van der Waals surface area (Å²) >= 11 is 0. The van der Waals surface area contributed by atoms with E-state index in [4.69, 9.17) is 4.74 Å². The first-order valence-corrected chi connectivity index (χ1v) is 9.98. The molecule has 162 valence electrons. The Bertz CT molecular complexity index is 559. The first kappa shape index (κ1) is 26.9. The summed E-state index contributed by atoms with van der Waals surface area (Å²) in [5.74, 6) is 1.49. The van der Waals surface area contributed by atoms with Gasteiger partial charge in [-0.1, -0.05) is 12.1 Å². The largest absolute Gasteiger partial charge is 0.491 e. The van der Waals surface area contributed by atoms with Crippen molar-refractivity contribution in [3.05, 3.63) is 29.8 Å². The standard InChI is InChI=1S/C21H38N4O2.HI/c1-7-22-21(23-11-12-25(16(2)3)17(4)5)24-14-19(26)15-27-20-10-8-9-18(6)13-20;/h8-10,13,16-17,19,26H,7,11-12,14-15H2,1-6H3,(H2,22,23,24);1H. The van der Waals surface area contributed by atoms with Gasteiger partial charge < -0.3 is 20.5 Å². The number of aryl methyl sites for hydroxylation is 1. The van der Waals surface area contributed by atoms with Crippen LogP contribution in [0.4, 0.5) is 0 Å². The first-order valence-electron chi connectivity index (χ1n) is 9.98. The number of nitrogens with zero attached hydrogens (tertiary/aromatic N) is 2. The summed E-state index contributed by atoms with van der Waals surface area (Å²) < 4.78 is 5.64. The first-order chi connectivity index (χ1) is 12.8. The number of ether oxygens (including phenoxy) is 1. The van der Waals surface area contributed by atoms with Gasteiger partial charge in [-0.3, -0.25) is 9.89 Å². The Hall–Kier alpha value is -1.06. The number of aliphatic imine (C=N–C) groups is 1. The van der Waals surface area contributed by atoms with Gasteiger partial charge in [-0.2, -0.15) is 0 Å². The van der Waals surface area contributed by atoms with E-state index in [0.29, 0.717) is 18.6 Å². The number of hydrogen-bond donors (Lipinski definition) is 3. The van der Waals surface area contributed by atoms with Crippen LogP contribution in [-0.2, 0) is 0 Å². The van der Waals surface area contributed by atoms with Crippen LogP contribution in [0.2, 0.25) is 0 Å². The summed E-state index contributed by atoms with van der Waals surface area (Å²) in [5, 5.41) is 16.7. The minimum absolute atomic E-state index is 0. The average Bonchev–Trinajstić information content (AvgIpc) is 2.60. The molecule has 1 unspecified atom stereocenters. The van der Waals surface area contributed by atoms with Crippen molar-refractivity contribution in [1.82, 2.24) is 15.5 Å². The zero-order chi connectivity index (χ0) is 20.2. The number of aliphatic hydroxyl groups is 1. The SMILES string of the molecule is CCNC(=NCC(O)COc1cccc(C)c1)NCCN(C(C)C)C(C)C.I. The number of rotatable bonds is 11. The predicted molar refractivity (Wildman–Crippen MR) is 129 cm³/mol.